The molecule has 0 unspecified atom stereocenters. The number of benzene rings is 2. The summed E-state index contributed by atoms with van der Waals surface area (Å²) in [6.45, 7) is 2.15. The van der Waals surface area contributed by atoms with Crippen molar-refractivity contribution in [3.05, 3.63) is 65.2 Å². The molecular formula is C21H21NO3. The van der Waals surface area contributed by atoms with Crippen LogP contribution in [0.15, 0.2) is 54.1 Å². The first-order valence-corrected chi connectivity index (χ1v) is 8.23. The number of aryl methyl sites for hydroxylation is 1. The minimum Gasteiger partial charge on any atom is -0.497 e. The molecule has 0 heterocycles. The number of rotatable bonds is 7. The molecule has 0 saturated heterocycles. The van der Waals surface area contributed by atoms with Gasteiger partial charge in [0.15, 0.2) is 0 Å². The van der Waals surface area contributed by atoms with E-state index in [1.165, 1.54) is 11.6 Å². The molecule has 0 N–H and O–H groups in total. The number of carbonyl (C=O) groups excluding carboxylic acids is 1. The van der Waals surface area contributed by atoms with Gasteiger partial charge in [-0.15, -0.1) is 0 Å². The molecule has 0 fully saturated rings. The van der Waals surface area contributed by atoms with E-state index in [4.69, 9.17) is 9.47 Å². The number of methoxy groups -OCH3 is 1. The van der Waals surface area contributed by atoms with Gasteiger partial charge in [-0.2, -0.15) is 5.26 Å². The van der Waals surface area contributed by atoms with Gasteiger partial charge >= 0.3 is 5.97 Å². The Kier molecular flexibility index (Phi) is 6.79. The maximum atomic E-state index is 12.2. The maximum Gasteiger partial charge on any atom is 0.354 e. The van der Waals surface area contributed by atoms with E-state index < -0.39 is 5.97 Å². The summed E-state index contributed by atoms with van der Waals surface area (Å²) in [5, 5.41) is 9.23. The number of hydrogen-bond acceptors (Lipinski definition) is 4. The fourth-order valence-corrected chi connectivity index (χ4v) is 2.27. The van der Waals surface area contributed by atoms with Gasteiger partial charge in [-0.3, -0.25) is 0 Å². The Hall–Kier alpha value is -3.06. The van der Waals surface area contributed by atoms with Crippen molar-refractivity contribution < 1.29 is 14.3 Å². The van der Waals surface area contributed by atoms with Gasteiger partial charge in [-0.1, -0.05) is 37.6 Å². The second-order valence-corrected chi connectivity index (χ2v) is 5.58. The summed E-state index contributed by atoms with van der Waals surface area (Å²) in [4.78, 5) is 12.2. The van der Waals surface area contributed by atoms with Crippen LogP contribution in [-0.4, -0.2) is 13.1 Å². The second-order valence-electron chi connectivity index (χ2n) is 5.58. The molecule has 0 aliphatic carbocycles. The van der Waals surface area contributed by atoms with Crippen LogP contribution in [0.1, 0.15) is 30.9 Å². The van der Waals surface area contributed by atoms with E-state index in [0.29, 0.717) is 11.5 Å². The van der Waals surface area contributed by atoms with Crippen molar-refractivity contribution in [3.8, 4) is 17.6 Å². The van der Waals surface area contributed by atoms with Crippen LogP contribution in [0.2, 0.25) is 0 Å². The Labute approximate surface area is 148 Å². The fourth-order valence-electron chi connectivity index (χ4n) is 2.27. The second kappa shape index (κ2) is 9.29. The van der Waals surface area contributed by atoms with E-state index >= 15 is 0 Å². The molecule has 4 nitrogen and oxygen atoms in total. The van der Waals surface area contributed by atoms with E-state index in [1.807, 2.05) is 18.2 Å². The Balaban J connectivity index is 2.06. The third-order valence-electron chi connectivity index (χ3n) is 3.72. The molecule has 0 atom stereocenters. The van der Waals surface area contributed by atoms with E-state index in [-0.39, 0.29) is 5.57 Å². The standard InChI is InChI=1S/C21H21NO3/c1-3-4-5-16-6-12-20(13-7-16)25-21(23)18(15-22)14-17-8-10-19(24-2)11-9-17/h6-14H,3-5H2,1-2H3/b18-14+. The topological polar surface area (TPSA) is 59.3 Å². The molecule has 0 aliphatic heterocycles. The van der Waals surface area contributed by atoms with Gasteiger partial charge in [0, 0.05) is 0 Å². The van der Waals surface area contributed by atoms with Crippen LogP contribution in [-0.2, 0) is 11.2 Å². The van der Waals surface area contributed by atoms with Crippen LogP contribution >= 0.6 is 0 Å². The zero-order valence-electron chi connectivity index (χ0n) is 14.5. The van der Waals surface area contributed by atoms with Crippen molar-refractivity contribution >= 4 is 12.0 Å². The Bertz CT molecular complexity index is 768. The molecule has 2 aromatic carbocycles. The van der Waals surface area contributed by atoms with E-state index in [0.717, 1.165) is 24.8 Å². The monoisotopic (exact) mass is 335 g/mol. The number of ether oxygens (including phenoxy) is 2. The molecule has 0 amide bonds. The van der Waals surface area contributed by atoms with Gasteiger partial charge in [0.05, 0.1) is 7.11 Å². The average molecular weight is 335 g/mol. The summed E-state index contributed by atoms with van der Waals surface area (Å²) in [7, 11) is 1.58. The zero-order valence-corrected chi connectivity index (χ0v) is 14.5. The van der Waals surface area contributed by atoms with Crippen molar-refractivity contribution in [1.29, 1.82) is 5.26 Å². The minimum absolute atomic E-state index is 0.0553. The lowest BCUT2D eigenvalue weighted by atomic mass is 10.1. The summed E-state index contributed by atoms with van der Waals surface area (Å²) in [6, 6.07) is 16.4. The number of carbonyl (C=O) groups is 1. The largest absolute Gasteiger partial charge is 0.497 e. The Morgan fingerprint density at radius 1 is 1.08 bits per heavy atom. The van der Waals surface area contributed by atoms with Crippen molar-refractivity contribution in [2.45, 2.75) is 26.2 Å². The smallest absolute Gasteiger partial charge is 0.354 e. The molecule has 0 aromatic heterocycles. The normalized spacial score (nSPS) is 10.8. The fraction of sp³-hybridized carbons (Fsp3) is 0.238. The van der Waals surface area contributed by atoms with Crippen molar-refractivity contribution in [1.82, 2.24) is 0 Å². The van der Waals surface area contributed by atoms with Gasteiger partial charge < -0.3 is 9.47 Å². The van der Waals surface area contributed by atoms with E-state index in [9.17, 15) is 10.1 Å². The lowest BCUT2D eigenvalue weighted by molar-refractivity contribution is -0.129. The lowest BCUT2D eigenvalue weighted by Crippen LogP contribution is -2.10. The minimum atomic E-state index is -0.667. The molecule has 4 heteroatoms. The summed E-state index contributed by atoms with van der Waals surface area (Å²) in [5.41, 5.74) is 1.88. The molecular weight excluding hydrogens is 314 g/mol. The summed E-state index contributed by atoms with van der Waals surface area (Å²) in [6.07, 6.45) is 4.77. The number of unbranched alkanes of at least 4 members (excludes halogenated alkanes) is 1. The molecule has 0 spiro atoms. The molecule has 0 aliphatic rings. The lowest BCUT2D eigenvalue weighted by Gasteiger charge is -2.05. The number of nitriles is 1. The highest BCUT2D eigenvalue weighted by Gasteiger charge is 2.12. The number of hydrogen-bond donors (Lipinski definition) is 0. The van der Waals surface area contributed by atoms with Gasteiger partial charge in [0.2, 0.25) is 0 Å². The molecule has 128 valence electrons. The van der Waals surface area contributed by atoms with Crippen LogP contribution in [0.4, 0.5) is 0 Å². The van der Waals surface area contributed by atoms with Crippen LogP contribution in [0, 0.1) is 11.3 Å². The molecule has 0 bridgehead atoms. The highest BCUT2D eigenvalue weighted by atomic mass is 16.5. The Morgan fingerprint density at radius 2 is 1.72 bits per heavy atom. The highest BCUT2D eigenvalue weighted by Crippen LogP contribution is 2.17. The van der Waals surface area contributed by atoms with E-state index in [1.54, 1.807) is 43.5 Å². The predicted molar refractivity (Wildman–Crippen MR) is 97.3 cm³/mol. The molecule has 2 aromatic rings. The maximum absolute atomic E-state index is 12.2. The van der Waals surface area contributed by atoms with Crippen molar-refractivity contribution in [2.75, 3.05) is 7.11 Å². The third kappa shape index (κ3) is 5.50. The SMILES string of the molecule is CCCCc1ccc(OC(=O)/C(C#N)=C/c2ccc(OC)cc2)cc1. The number of nitrogens with zero attached hydrogens (tertiary/aromatic N) is 1. The third-order valence-corrected chi connectivity index (χ3v) is 3.72. The summed E-state index contributed by atoms with van der Waals surface area (Å²) >= 11 is 0. The van der Waals surface area contributed by atoms with Crippen LogP contribution < -0.4 is 9.47 Å². The van der Waals surface area contributed by atoms with Crippen LogP contribution in [0.25, 0.3) is 6.08 Å². The quantitative estimate of drug-likeness (QED) is 0.322. The molecule has 2 rings (SSSR count). The Morgan fingerprint density at radius 3 is 2.28 bits per heavy atom. The highest BCUT2D eigenvalue weighted by molar-refractivity contribution is 5.99. The first-order chi connectivity index (χ1) is 12.2. The first kappa shape index (κ1) is 18.3. The predicted octanol–water partition coefficient (Wildman–Crippen LogP) is 4.55. The van der Waals surface area contributed by atoms with Gasteiger partial charge in [-0.05, 0) is 54.3 Å². The zero-order chi connectivity index (χ0) is 18.1. The summed E-state index contributed by atoms with van der Waals surface area (Å²) < 4.78 is 10.4. The molecule has 25 heavy (non-hydrogen) atoms. The summed E-state index contributed by atoms with van der Waals surface area (Å²) in [5.74, 6) is 0.474. The van der Waals surface area contributed by atoms with Crippen LogP contribution in [0.5, 0.6) is 11.5 Å². The van der Waals surface area contributed by atoms with Crippen molar-refractivity contribution in [3.63, 3.8) is 0 Å². The molecule has 0 radical (unpaired) electrons. The van der Waals surface area contributed by atoms with Crippen LogP contribution in [0.3, 0.4) is 0 Å². The van der Waals surface area contributed by atoms with Crippen molar-refractivity contribution in [2.24, 2.45) is 0 Å². The first-order valence-electron chi connectivity index (χ1n) is 8.23. The number of esters is 1. The van der Waals surface area contributed by atoms with Gasteiger partial charge in [-0.25, -0.2) is 4.79 Å². The van der Waals surface area contributed by atoms with Gasteiger partial charge in [0.25, 0.3) is 0 Å². The van der Waals surface area contributed by atoms with E-state index in [2.05, 4.69) is 6.92 Å². The molecule has 0 saturated carbocycles. The van der Waals surface area contributed by atoms with Gasteiger partial charge in [0.1, 0.15) is 23.1 Å². The average Bonchev–Trinajstić information content (AvgIpc) is 2.66.